The number of aliphatic hydroxyl groups is 1. The van der Waals surface area contributed by atoms with Crippen molar-refractivity contribution in [2.45, 2.75) is 15.7 Å². The van der Waals surface area contributed by atoms with E-state index in [4.69, 9.17) is 4.74 Å². The molecule has 124 valence electrons. The number of nitrogens with one attached hydrogen (secondary N) is 1. The summed E-state index contributed by atoms with van der Waals surface area (Å²) in [4.78, 5) is 0. The number of sulfone groups is 1. The molecule has 10 heteroatoms. The van der Waals surface area contributed by atoms with Gasteiger partial charge in [0.1, 0.15) is 5.75 Å². The molecule has 0 bridgehead atoms. The van der Waals surface area contributed by atoms with Crippen LogP contribution in [0.1, 0.15) is 0 Å². The highest BCUT2D eigenvalue weighted by atomic mass is 32.2. The number of ether oxygens (including phenoxy) is 1. The molecular formula is C13H15N3O4S3. The fourth-order valence-electron chi connectivity index (χ4n) is 2.14. The molecule has 0 unspecified atom stereocenters. The van der Waals surface area contributed by atoms with Gasteiger partial charge in [-0.05, 0) is 24.3 Å². The summed E-state index contributed by atoms with van der Waals surface area (Å²) in [6.07, 6.45) is -0.855. The number of rotatable bonds is 5. The zero-order valence-electron chi connectivity index (χ0n) is 12.2. The van der Waals surface area contributed by atoms with Gasteiger partial charge in [0.05, 0.1) is 30.0 Å². The Labute approximate surface area is 142 Å². The molecule has 0 saturated carbocycles. The van der Waals surface area contributed by atoms with E-state index in [0.29, 0.717) is 9.47 Å². The Kier molecular flexibility index (Phi) is 4.76. The molecule has 2 atom stereocenters. The molecular weight excluding hydrogens is 358 g/mol. The molecule has 1 aromatic carbocycles. The summed E-state index contributed by atoms with van der Waals surface area (Å²) in [7, 11) is -1.55. The number of anilines is 2. The van der Waals surface area contributed by atoms with Gasteiger partial charge in [0.25, 0.3) is 0 Å². The fourth-order valence-corrected chi connectivity index (χ4v) is 6.67. The zero-order valence-corrected chi connectivity index (χ0v) is 14.6. The van der Waals surface area contributed by atoms with Crippen LogP contribution in [0.25, 0.3) is 0 Å². The quantitative estimate of drug-likeness (QED) is 0.814. The first-order valence-electron chi connectivity index (χ1n) is 6.75. The second kappa shape index (κ2) is 6.63. The molecule has 2 N–H and O–H groups in total. The number of benzene rings is 1. The van der Waals surface area contributed by atoms with Crippen molar-refractivity contribution in [3.05, 3.63) is 24.3 Å². The van der Waals surface area contributed by atoms with Crippen LogP contribution in [0.15, 0.2) is 28.6 Å². The van der Waals surface area contributed by atoms with Gasteiger partial charge in [-0.15, -0.1) is 10.2 Å². The van der Waals surface area contributed by atoms with Crippen molar-refractivity contribution in [3.8, 4) is 5.75 Å². The number of aliphatic hydroxyl groups excluding tert-OH is 1. The average Bonchev–Trinajstić information content (AvgIpc) is 3.04. The topological polar surface area (TPSA) is 101 Å². The Morgan fingerprint density at radius 1 is 1.30 bits per heavy atom. The highest BCUT2D eigenvalue weighted by Gasteiger charge is 2.37. The third kappa shape index (κ3) is 4.14. The first-order valence-corrected chi connectivity index (χ1v) is 10.3. The summed E-state index contributed by atoms with van der Waals surface area (Å²) in [5.74, 6) is 0.556. The lowest BCUT2D eigenvalue weighted by atomic mass is 10.3. The predicted octanol–water partition coefficient (Wildman–Crippen LogP) is 1.54. The van der Waals surface area contributed by atoms with E-state index in [-0.39, 0.29) is 16.8 Å². The summed E-state index contributed by atoms with van der Waals surface area (Å²) in [6.45, 7) is 0. The van der Waals surface area contributed by atoms with Crippen LogP contribution >= 0.6 is 23.1 Å². The monoisotopic (exact) mass is 373 g/mol. The molecule has 0 aliphatic carbocycles. The molecule has 0 radical (unpaired) electrons. The molecule has 0 spiro atoms. The van der Waals surface area contributed by atoms with Gasteiger partial charge in [-0.2, -0.15) is 0 Å². The summed E-state index contributed by atoms with van der Waals surface area (Å²) in [5.41, 5.74) is 0.849. The number of methoxy groups -OCH3 is 1. The van der Waals surface area contributed by atoms with E-state index in [1.54, 1.807) is 7.11 Å². The van der Waals surface area contributed by atoms with Crippen LogP contribution in [-0.4, -0.2) is 53.7 Å². The van der Waals surface area contributed by atoms with Gasteiger partial charge in [-0.1, -0.05) is 23.1 Å². The Hall–Kier alpha value is -1.36. The SMILES string of the molecule is COc1ccc(Nc2nnc(S[C@H]3CS(=O)(=O)C[C@@H]3O)s2)cc1. The maximum absolute atomic E-state index is 11.5. The van der Waals surface area contributed by atoms with Crippen LogP contribution in [0.2, 0.25) is 0 Å². The molecule has 23 heavy (non-hydrogen) atoms. The van der Waals surface area contributed by atoms with Gasteiger partial charge in [0.2, 0.25) is 5.13 Å². The Balaban J connectivity index is 1.64. The van der Waals surface area contributed by atoms with E-state index in [9.17, 15) is 13.5 Å². The minimum Gasteiger partial charge on any atom is -0.497 e. The Morgan fingerprint density at radius 2 is 2.04 bits per heavy atom. The van der Waals surface area contributed by atoms with Gasteiger partial charge in [0.15, 0.2) is 14.2 Å². The first-order chi connectivity index (χ1) is 10.9. The maximum atomic E-state index is 11.5. The van der Waals surface area contributed by atoms with Gasteiger partial charge in [0, 0.05) is 5.69 Å². The molecule has 1 aromatic heterocycles. The lowest BCUT2D eigenvalue weighted by Gasteiger charge is -2.08. The zero-order chi connectivity index (χ0) is 16.4. The van der Waals surface area contributed by atoms with Crippen LogP contribution in [0.5, 0.6) is 5.75 Å². The molecule has 1 saturated heterocycles. The number of hydrogen-bond donors (Lipinski definition) is 2. The molecule has 1 aliphatic rings. The van der Waals surface area contributed by atoms with Crippen molar-refractivity contribution in [2.75, 3.05) is 23.9 Å². The smallest absolute Gasteiger partial charge is 0.210 e. The second-order valence-electron chi connectivity index (χ2n) is 5.03. The van der Waals surface area contributed by atoms with Crippen LogP contribution < -0.4 is 10.1 Å². The van der Waals surface area contributed by atoms with E-state index in [2.05, 4.69) is 15.5 Å². The highest BCUT2D eigenvalue weighted by Crippen LogP contribution is 2.35. The standard InChI is InChI=1S/C13H15N3O4S3/c1-20-9-4-2-8(3-5-9)14-12-15-16-13(22-12)21-11-7-23(18,19)6-10(11)17/h2-5,10-11,17H,6-7H2,1H3,(H,14,15)/t10-,11-/m0/s1. The van der Waals surface area contributed by atoms with E-state index in [0.717, 1.165) is 11.4 Å². The van der Waals surface area contributed by atoms with Crippen molar-refractivity contribution >= 4 is 43.8 Å². The van der Waals surface area contributed by atoms with Gasteiger partial charge >= 0.3 is 0 Å². The normalized spacial score (nSPS) is 22.9. The van der Waals surface area contributed by atoms with Crippen LogP contribution in [0, 0.1) is 0 Å². The van der Waals surface area contributed by atoms with Crippen molar-refractivity contribution < 1.29 is 18.3 Å². The van der Waals surface area contributed by atoms with E-state index in [1.165, 1.54) is 23.1 Å². The molecule has 2 heterocycles. The van der Waals surface area contributed by atoms with Crippen molar-refractivity contribution in [3.63, 3.8) is 0 Å². The number of nitrogens with zero attached hydrogens (tertiary/aromatic N) is 2. The van der Waals surface area contributed by atoms with Gasteiger partial charge in [-0.25, -0.2) is 8.42 Å². The molecule has 3 rings (SSSR count). The lowest BCUT2D eigenvalue weighted by molar-refractivity contribution is 0.207. The van der Waals surface area contributed by atoms with Gasteiger partial charge < -0.3 is 15.2 Å². The van der Waals surface area contributed by atoms with Crippen molar-refractivity contribution in [2.24, 2.45) is 0 Å². The van der Waals surface area contributed by atoms with E-state index >= 15 is 0 Å². The summed E-state index contributed by atoms with van der Waals surface area (Å²) in [5, 5.41) is 21.2. The second-order valence-corrected chi connectivity index (χ2v) is 9.64. The highest BCUT2D eigenvalue weighted by molar-refractivity contribution is 8.03. The molecule has 0 amide bonds. The number of hydrogen-bond acceptors (Lipinski definition) is 9. The summed E-state index contributed by atoms with van der Waals surface area (Å²) in [6, 6.07) is 7.39. The lowest BCUT2D eigenvalue weighted by Crippen LogP contribution is -2.19. The third-order valence-electron chi connectivity index (χ3n) is 3.27. The number of aromatic nitrogens is 2. The van der Waals surface area contributed by atoms with Crippen molar-refractivity contribution in [1.29, 1.82) is 0 Å². The largest absolute Gasteiger partial charge is 0.497 e. The van der Waals surface area contributed by atoms with Crippen LogP contribution in [-0.2, 0) is 9.84 Å². The Morgan fingerprint density at radius 3 is 2.65 bits per heavy atom. The van der Waals surface area contributed by atoms with Gasteiger partial charge in [-0.3, -0.25) is 0 Å². The van der Waals surface area contributed by atoms with E-state index in [1.807, 2.05) is 24.3 Å². The number of thioether (sulfide) groups is 1. The Bertz CT molecular complexity index is 776. The fraction of sp³-hybridized carbons (Fsp3) is 0.385. The minimum atomic E-state index is -3.16. The molecule has 2 aromatic rings. The third-order valence-corrected chi connectivity index (χ3v) is 7.44. The molecule has 1 aliphatic heterocycles. The summed E-state index contributed by atoms with van der Waals surface area (Å²) < 4.78 is 28.7. The molecule has 1 fully saturated rings. The first kappa shape index (κ1) is 16.5. The van der Waals surface area contributed by atoms with Crippen LogP contribution in [0.3, 0.4) is 0 Å². The summed E-state index contributed by atoms with van der Waals surface area (Å²) >= 11 is 2.57. The average molecular weight is 373 g/mol. The molecule has 7 nitrogen and oxygen atoms in total. The van der Waals surface area contributed by atoms with Crippen molar-refractivity contribution in [1.82, 2.24) is 10.2 Å². The van der Waals surface area contributed by atoms with E-state index < -0.39 is 15.9 Å². The predicted molar refractivity (Wildman–Crippen MR) is 90.5 cm³/mol. The maximum Gasteiger partial charge on any atom is 0.210 e. The minimum absolute atomic E-state index is 0.0281. The van der Waals surface area contributed by atoms with Crippen LogP contribution in [0.4, 0.5) is 10.8 Å².